The summed E-state index contributed by atoms with van der Waals surface area (Å²) in [6.45, 7) is 4.45. The number of nitrogens with one attached hydrogen (secondary N) is 1. The maximum Gasteiger partial charge on any atom is 0.251 e. The van der Waals surface area contributed by atoms with Gasteiger partial charge in [-0.1, -0.05) is 42.7 Å². The monoisotopic (exact) mass is 490 g/mol. The average molecular weight is 491 g/mol. The first-order chi connectivity index (χ1) is 17.5. The first-order valence-electron chi connectivity index (χ1n) is 12.3. The topological polar surface area (TPSA) is 111 Å². The van der Waals surface area contributed by atoms with Crippen LogP contribution in [0.25, 0.3) is 11.4 Å². The first kappa shape index (κ1) is 23.8. The molecule has 10 nitrogen and oxygen atoms in total. The molecule has 1 aromatic heterocycles. The third-order valence-corrected chi connectivity index (χ3v) is 6.58. The van der Waals surface area contributed by atoms with Crippen LogP contribution in [0, 0.1) is 6.92 Å². The fourth-order valence-corrected chi connectivity index (χ4v) is 4.60. The van der Waals surface area contributed by atoms with Crippen LogP contribution in [-0.4, -0.2) is 57.3 Å². The normalized spacial score (nSPS) is 15.9. The molecule has 1 aliphatic carbocycles. The molecule has 1 atom stereocenters. The standard InChI is InChI=1S/C26H30N6O4/c1-17-7-9-19(10-8-17)25-28-30-31(29-25)16-24(33)32(18(2)26(34)27-20-5-3-4-6-20)21-11-12-22-23(15-21)36-14-13-35-22/h7-12,15,18,20H,3-6,13-14,16H2,1-2H3,(H,27,34). The number of benzene rings is 2. The molecule has 0 saturated heterocycles. The van der Waals surface area contributed by atoms with Crippen LogP contribution >= 0.6 is 0 Å². The van der Waals surface area contributed by atoms with Gasteiger partial charge in [-0.3, -0.25) is 14.5 Å². The van der Waals surface area contributed by atoms with Gasteiger partial charge in [0.2, 0.25) is 11.7 Å². The number of rotatable bonds is 7. The Morgan fingerprint density at radius 1 is 1.08 bits per heavy atom. The van der Waals surface area contributed by atoms with Gasteiger partial charge in [0.05, 0.1) is 0 Å². The highest BCUT2D eigenvalue weighted by Gasteiger charge is 2.31. The number of anilines is 1. The minimum absolute atomic E-state index is 0.145. The lowest BCUT2D eigenvalue weighted by Gasteiger charge is -2.30. The Kier molecular flexibility index (Phi) is 6.84. The predicted molar refractivity (Wildman–Crippen MR) is 133 cm³/mol. The fraction of sp³-hybridized carbons (Fsp3) is 0.423. The summed E-state index contributed by atoms with van der Waals surface area (Å²) in [5.74, 6) is 1.05. The molecule has 1 saturated carbocycles. The number of amides is 2. The van der Waals surface area contributed by atoms with E-state index in [1.54, 1.807) is 25.1 Å². The van der Waals surface area contributed by atoms with Gasteiger partial charge in [0.25, 0.3) is 5.91 Å². The quantitative estimate of drug-likeness (QED) is 0.542. The van der Waals surface area contributed by atoms with Crippen molar-refractivity contribution in [2.24, 2.45) is 0 Å². The summed E-state index contributed by atoms with van der Waals surface area (Å²) < 4.78 is 11.3. The molecule has 36 heavy (non-hydrogen) atoms. The molecule has 2 aromatic carbocycles. The second-order valence-corrected chi connectivity index (χ2v) is 9.27. The van der Waals surface area contributed by atoms with Gasteiger partial charge in [0.1, 0.15) is 25.8 Å². The highest BCUT2D eigenvalue weighted by molar-refractivity contribution is 6.00. The molecule has 2 aliphatic rings. The van der Waals surface area contributed by atoms with Crippen molar-refractivity contribution >= 4 is 17.5 Å². The predicted octanol–water partition coefficient (Wildman–Crippen LogP) is 2.90. The van der Waals surface area contributed by atoms with E-state index in [4.69, 9.17) is 9.47 Å². The molecule has 1 N–H and O–H groups in total. The van der Waals surface area contributed by atoms with E-state index in [0.29, 0.717) is 36.2 Å². The fourth-order valence-electron chi connectivity index (χ4n) is 4.60. The van der Waals surface area contributed by atoms with Crippen LogP contribution < -0.4 is 19.7 Å². The average Bonchev–Trinajstić information content (AvgIpc) is 3.57. The zero-order valence-corrected chi connectivity index (χ0v) is 20.5. The number of nitrogens with zero attached hydrogens (tertiary/aromatic N) is 5. The minimum Gasteiger partial charge on any atom is -0.486 e. The van der Waals surface area contributed by atoms with Crippen molar-refractivity contribution < 1.29 is 19.1 Å². The Bertz CT molecular complexity index is 1240. The number of hydrogen-bond acceptors (Lipinski definition) is 7. The number of ether oxygens (including phenoxy) is 2. The van der Waals surface area contributed by atoms with E-state index in [0.717, 1.165) is 36.8 Å². The lowest BCUT2D eigenvalue weighted by atomic mass is 10.1. The molecule has 10 heteroatoms. The summed E-state index contributed by atoms with van der Waals surface area (Å²) in [6.07, 6.45) is 4.12. The Balaban J connectivity index is 1.39. The molecule has 3 aromatic rings. The summed E-state index contributed by atoms with van der Waals surface area (Å²) in [5, 5.41) is 15.7. The van der Waals surface area contributed by atoms with Crippen LogP contribution in [0.3, 0.4) is 0 Å². The molecule has 1 fully saturated rings. The number of carbonyl (C=O) groups excluding carboxylic acids is 2. The smallest absolute Gasteiger partial charge is 0.251 e. The van der Waals surface area contributed by atoms with Crippen LogP contribution in [0.5, 0.6) is 11.5 Å². The highest BCUT2D eigenvalue weighted by Crippen LogP contribution is 2.35. The molecular weight excluding hydrogens is 460 g/mol. The second-order valence-electron chi connectivity index (χ2n) is 9.27. The second kappa shape index (κ2) is 10.3. The maximum atomic E-state index is 13.6. The van der Waals surface area contributed by atoms with Gasteiger partial charge in [0.15, 0.2) is 11.5 Å². The lowest BCUT2D eigenvalue weighted by Crippen LogP contribution is -2.51. The Morgan fingerprint density at radius 2 is 1.81 bits per heavy atom. The molecule has 0 bridgehead atoms. The van der Waals surface area contributed by atoms with E-state index in [9.17, 15) is 9.59 Å². The van der Waals surface area contributed by atoms with Crippen molar-refractivity contribution in [2.75, 3.05) is 18.1 Å². The Labute approximate surface area is 209 Å². The molecule has 2 amide bonds. The summed E-state index contributed by atoms with van der Waals surface area (Å²) in [4.78, 5) is 29.5. The van der Waals surface area contributed by atoms with Crippen LogP contribution in [-0.2, 0) is 16.1 Å². The number of carbonyl (C=O) groups is 2. The highest BCUT2D eigenvalue weighted by atomic mass is 16.6. The molecular formula is C26H30N6O4. The Morgan fingerprint density at radius 3 is 2.56 bits per heavy atom. The summed E-state index contributed by atoms with van der Waals surface area (Å²) in [5.41, 5.74) is 2.48. The van der Waals surface area contributed by atoms with Crippen LogP contribution in [0.4, 0.5) is 5.69 Å². The van der Waals surface area contributed by atoms with Crippen LogP contribution in [0.15, 0.2) is 42.5 Å². The molecule has 188 valence electrons. The molecule has 0 radical (unpaired) electrons. The van der Waals surface area contributed by atoms with Gasteiger partial charge in [-0.15, -0.1) is 10.2 Å². The molecule has 2 heterocycles. The van der Waals surface area contributed by atoms with Gasteiger partial charge in [-0.05, 0) is 44.0 Å². The number of fused-ring (bicyclic) bond motifs is 1. The van der Waals surface area contributed by atoms with Crippen LogP contribution in [0.1, 0.15) is 38.2 Å². The van der Waals surface area contributed by atoms with E-state index in [1.165, 1.54) is 9.70 Å². The number of aromatic nitrogens is 4. The largest absolute Gasteiger partial charge is 0.486 e. The first-order valence-corrected chi connectivity index (χ1v) is 12.3. The van der Waals surface area contributed by atoms with Crippen molar-refractivity contribution in [1.82, 2.24) is 25.5 Å². The van der Waals surface area contributed by atoms with Gasteiger partial charge in [-0.2, -0.15) is 4.80 Å². The van der Waals surface area contributed by atoms with Crippen molar-refractivity contribution in [3.05, 3.63) is 48.0 Å². The van der Waals surface area contributed by atoms with E-state index in [-0.39, 0.29) is 24.4 Å². The number of hydrogen-bond donors (Lipinski definition) is 1. The summed E-state index contributed by atoms with van der Waals surface area (Å²) in [6, 6.07) is 12.4. The summed E-state index contributed by atoms with van der Waals surface area (Å²) >= 11 is 0. The van der Waals surface area contributed by atoms with Crippen molar-refractivity contribution in [2.45, 2.75) is 58.2 Å². The van der Waals surface area contributed by atoms with Gasteiger partial charge < -0.3 is 14.8 Å². The minimum atomic E-state index is -0.749. The van der Waals surface area contributed by atoms with Crippen molar-refractivity contribution in [1.29, 1.82) is 0 Å². The number of tetrazole rings is 1. The third-order valence-electron chi connectivity index (χ3n) is 6.58. The van der Waals surface area contributed by atoms with Crippen molar-refractivity contribution in [3.63, 3.8) is 0 Å². The van der Waals surface area contributed by atoms with Gasteiger partial charge in [-0.25, -0.2) is 0 Å². The lowest BCUT2D eigenvalue weighted by molar-refractivity contribution is -0.127. The van der Waals surface area contributed by atoms with Crippen LogP contribution in [0.2, 0.25) is 0 Å². The van der Waals surface area contributed by atoms with E-state index < -0.39 is 6.04 Å². The molecule has 1 aliphatic heterocycles. The zero-order valence-electron chi connectivity index (χ0n) is 20.5. The van der Waals surface area contributed by atoms with E-state index in [2.05, 4.69) is 20.7 Å². The van der Waals surface area contributed by atoms with Crippen molar-refractivity contribution in [3.8, 4) is 22.9 Å². The SMILES string of the molecule is Cc1ccc(-c2nnn(CC(=O)N(c3ccc4c(c3)OCCO4)C(C)C(=O)NC3CCCC3)n2)cc1. The third kappa shape index (κ3) is 5.17. The maximum absolute atomic E-state index is 13.6. The van der Waals surface area contributed by atoms with E-state index in [1.807, 2.05) is 31.2 Å². The van der Waals surface area contributed by atoms with Gasteiger partial charge >= 0.3 is 0 Å². The Hall–Kier alpha value is -3.95. The van der Waals surface area contributed by atoms with E-state index >= 15 is 0 Å². The molecule has 5 rings (SSSR count). The molecule has 1 unspecified atom stereocenters. The number of aryl methyl sites for hydroxylation is 1. The summed E-state index contributed by atoms with van der Waals surface area (Å²) in [7, 11) is 0. The molecule has 0 spiro atoms. The zero-order chi connectivity index (χ0) is 25.1. The van der Waals surface area contributed by atoms with Gasteiger partial charge in [0, 0.05) is 23.4 Å².